The maximum atomic E-state index is 13.2. The van der Waals surface area contributed by atoms with Crippen LogP contribution in [0.2, 0.25) is 0 Å². The second kappa shape index (κ2) is 9.77. The highest BCUT2D eigenvalue weighted by Gasteiger charge is 2.36. The molecule has 1 atom stereocenters. The smallest absolute Gasteiger partial charge is 0.273 e. The number of para-hydroxylation sites is 1. The molecule has 8 nitrogen and oxygen atoms in total. The van der Waals surface area contributed by atoms with Crippen molar-refractivity contribution in [3.63, 3.8) is 0 Å². The lowest BCUT2D eigenvalue weighted by molar-refractivity contribution is 0.0726. The number of nitrogens with one attached hydrogen (secondary N) is 1. The zero-order chi connectivity index (χ0) is 24.5. The van der Waals surface area contributed by atoms with Gasteiger partial charge in [0.15, 0.2) is 0 Å². The Balaban J connectivity index is 1.43. The zero-order valence-corrected chi connectivity index (χ0v) is 21.2. The van der Waals surface area contributed by atoms with Crippen molar-refractivity contribution in [2.75, 3.05) is 36.4 Å². The third-order valence-electron chi connectivity index (χ3n) is 7.29. The number of carbonyl (C=O) groups is 1. The highest BCUT2D eigenvalue weighted by atomic mass is 16.2. The monoisotopic (exact) mass is 473 g/mol. The van der Waals surface area contributed by atoms with E-state index in [0.29, 0.717) is 30.8 Å². The molecule has 0 bridgehead atoms. The van der Waals surface area contributed by atoms with Gasteiger partial charge in [0.25, 0.3) is 5.91 Å². The molecule has 2 aromatic heterocycles. The van der Waals surface area contributed by atoms with Crippen molar-refractivity contribution in [1.29, 1.82) is 0 Å². The number of fused-ring (bicyclic) bond motifs is 2. The first-order valence-electron chi connectivity index (χ1n) is 12.8. The predicted molar refractivity (Wildman–Crippen MR) is 140 cm³/mol. The van der Waals surface area contributed by atoms with Gasteiger partial charge in [-0.2, -0.15) is 4.98 Å². The number of aromatic nitrogens is 3. The number of nitrogens with zero attached hydrogens (tertiary/aromatic N) is 6. The molecule has 3 aromatic rings. The van der Waals surface area contributed by atoms with E-state index in [4.69, 9.17) is 9.97 Å². The van der Waals surface area contributed by atoms with Gasteiger partial charge in [0.2, 0.25) is 5.95 Å². The van der Waals surface area contributed by atoms with E-state index in [-0.39, 0.29) is 11.9 Å². The van der Waals surface area contributed by atoms with Crippen molar-refractivity contribution in [1.82, 2.24) is 24.8 Å². The van der Waals surface area contributed by atoms with Gasteiger partial charge in [0.05, 0.1) is 12.1 Å². The minimum Gasteiger partial charge on any atom is -0.365 e. The van der Waals surface area contributed by atoms with Gasteiger partial charge in [-0.15, -0.1) is 0 Å². The van der Waals surface area contributed by atoms with Crippen LogP contribution in [0.1, 0.15) is 55.7 Å². The molecule has 1 fully saturated rings. The molecular formula is C27H35N7O. The Kier molecular flexibility index (Phi) is 6.56. The van der Waals surface area contributed by atoms with E-state index in [2.05, 4.69) is 46.1 Å². The van der Waals surface area contributed by atoms with Crippen LogP contribution in [0.3, 0.4) is 0 Å². The summed E-state index contributed by atoms with van der Waals surface area (Å²) in [5, 5.41) is 4.63. The van der Waals surface area contributed by atoms with Crippen molar-refractivity contribution in [3.05, 3.63) is 53.3 Å². The number of likely N-dealkylation sites (N-methyl/N-ethyl adjacent to an activating group) is 1. The van der Waals surface area contributed by atoms with Crippen LogP contribution in [0.4, 0.5) is 11.8 Å². The second-order valence-corrected chi connectivity index (χ2v) is 9.73. The van der Waals surface area contributed by atoms with Crippen molar-refractivity contribution < 1.29 is 4.79 Å². The van der Waals surface area contributed by atoms with Gasteiger partial charge >= 0.3 is 0 Å². The number of anilines is 2. The molecule has 2 aliphatic heterocycles. The molecule has 0 radical (unpaired) electrons. The number of amides is 1. The lowest BCUT2D eigenvalue weighted by Gasteiger charge is -2.26. The Morgan fingerprint density at radius 3 is 2.74 bits per heavy atom. The molecule has 35 heavy (non-hydrogen) atoms. The molecule has 1 aromatic carbocycles. The summed E-state index contributed by atoms with van der Waals surface area (Å²) < 4.78 is 0. The van der Waals surface area contributed by atoms with Crippen molar-refractivity contribution in [2.24, 2.45) is 0 Å². The number of rotatable bonds is 8. The molecule has 0 spiro atoms. The Hall–Kier alpha value is -3.26. The summed E-state index contributed by atoms with van der Waals surface area (Å²) in [6.07, 6.45) is 2.98. The molecule has 1 N–H and O–H groups in total. The number of benzene rings is 1. The molecule has 8 heteroatoms. The van der Waals surface area contributed by atoms with Gasteiger partial charge in [-0.05, 0) is 51.1 Å². The second-order valence-electron chi connectivity index (χ2n) is 9.73. The van der Waals surface area contributed by atoms with E-state index in [9.17, 15) is 4.79 Å². The fourth-order valence-corrected chi connectivity index (χ4v) is 5.24. The van der Waals surface area contributed by atoms with E-state index in [1.165, 1.54) is 0 Å². The Bertz CT molecular complexity index is 1220. The lowest BCUT2D eigenvalue weighted by Crippen LogP contribution is -2.37. The topological polar surface area (TPSA) is 77.5 Å². The molecule has 2 aliphatic rings. The minimum atomic E-state index is -0.00596. The summed E-state index contributed by atoms with van der Waals surface area (Å²) in [7, 11) is 0. The third kappa shape index (κ3) is 4.55. The molecule has 1 amide bonds. The molecule has 0 saturated carbocycles. The highest BCUT2D eigenvalue weighted by molar-refractivity contribution is 5.98. The van der Waals surface area contributed by atoms with E-state index >= 15 is 0 Å². The first-order valence-corrected chi connectivity index (χ1v) is 12.8. The number of hydrogen-bond acceptors (Lipinski definition) is 7. The van der Waals surface area contributed by atoms with Crippen LogP contribution in [0, 0.1) is 0 Å². The number of hydrogen-bond donors (Lipinski definition) is 1. The molecule has 1 saturated heterocycles. The standard InChI is InChI=1S/C27H35N7O/c1-5-32(6-2)21-11-12-33(16-21)27-30-24-22(17-34(18(3)4)26(24)35)25(31-27)29-15-19-13-20-9-7-8-10-23(20)28-14-19/h7-10,13-14,18,21H,5-6,11-12,15-17H2,1-4H3,(H,29,30,31). The van der Waals surface area contributed by atoms with Gasteiger partial charge in [-0.25, -0.2) is 4.98 Å². The summed E-state index contributed by atoms with van der Waals surface area (Å²) in [5.74, 6) is 1.39. The molecule has 184 valence electrons. The first-order chi connectivity index (χ1) is 17.0. The summed E-state index contributed by atoms with van der Waals surface area (Å²) in [5.41, 5.74) is 3.48. The maximum absolute atomic E-state index is 13.2. The van der Waals surface area contributed by atoms with Crippen molar-refractivity contribution >= 4 is 28.6 Å². The molecular weight excluding hydrogens is 438 g/mol. The van der Waals surface area contributed by atoms with Crippen LogP contribution in [0.15, 0.2) is 36.5 Å². The molecule has 4 heterocycles. The average molecular weight is 474 g/mol. The Morgan fingerprint density at radius 1 is 1.17 bits per heavy atom. The summed E-state index contributed by atoms with van der Waals surface area (Å²) in [6.45, 7) is 13.5. The van der Waals surface area contributed by atoms with Gasteiger partial charge in [-0.1, -0.05) is 32.0 Å². The van der Waals surface area contributed by atoms with Gasteiger partial charge < -0.3 is 15.1 Å². The van der Waals surface area contributed by atoms with Crippen LogP contribution in [0.25, 0.3) is 10.9 Å². The van der Waals surface area contributed by atoms with Gasteiger partial charge in [0.1, 0.15) is 11.5 Å². The molecule has 5 rings (SSSR count). The SMILES string of the molecule is CCN(CC)C1CCN(c2nc(NCc3cnc4ccccc4c3)c3c(n2)C(=O)N(C(C)C)C3)C1. The number of pyridine rings is 1. The van der Waals surface area contributed by atoms with E-state index < -0.39 is 0 Å². The van der Waals surface area contributed by atoms with Gasteiger partial charge in [-0.3, -0.25) is 14.7 Å². The van der Waals surface area contributed by atoms with Crippen LogP contribution in [0.5, 0.6) is 0 Å². The summed E-state index contributed by atoms with van der Waals surface area (Å²) in [4.78, 5) is 34.2. The highest BCUT2D eigenvalue weighted by Crippen LogP contribution is 2.32. The molecule has 1 unspecified atom stereocenters. The van der Waals surface area contributed by atoms with Crippen LogP contribution >= 0.6 is 0 Å². The largest absolute Gasteiger partial charge is 0.365 e. The van der Waals surface area contributed by atoms with E-state index in [1.54, 1.807) is 0 Å². The Labute approximate surface area is 207 Å². The quantitative estimate of drug-likeness (QED) is 0.531. The fraction of sp³-hybridized carbons (Fsp3) is 0.481. The van der Waals surface area contributed by atoms with Crippen molar-refractivity contribution in [2.45, 2.75) is 59.3 Å². The van der Waals surface area contributed by atoms with Gasteiger partial charge in [0, 0.05) is 48.9 Å². The average Bonchev–Trinajstić information content (AvgIpc) is 3.49. The Morgan fingerprint density at radius 2 is 1.97 bits per heavy atom. The summed E-state index contributed by atoms with van der Waals surface area (Å²) >= 11 is 0. The predicted octanol–water partition coefficient (Wildman–Crippen LogP) is 3.92. The lowest BCUT2D eigenvalue weighted by atomic mass is 10.1. The first kappa shape index (κ1) is 23.5. The third-order valence-corrected chi connectivity index (χ3v) is 7.29. The van der Waals surface area contributed by atoms with Crippen LogP contribution in [-0.2, 0) is 13.1 Å². The van der Waals surface area contributed by atoms with E-state index in [1.807, 2.05) is 43.1 Å². The normalized spacial score (nSPS) is 17.8. The van der Waals surface area contributed by atoms with E-state index in [0.717, 1.165) is 60.4 Å². The zero-order valence-electron chi connectivity index (χ0n) is 21.2. The summed E-state index contributed by atoms with van der Waals surface area (Å²) in [6, 6.07) is 10.9. The molecule has 0 aliphatic carbocycles. The van der Waals surface area contributed by atoms with Crippen LogP contribution < -0.4 is 10.2 Å². The van der Waals surface area contributed by atoms with Crippen LogP contribution in [-0.4, -0.2) is 68.9 Å². The maximum Gasteiger partial charge on any atom is 0.273 e. The van der Waals surface area contributed by atoms with Crippen molar-refractivity contribution in [3.8, 4) is 0 Å². The minimum absolute atomic E-state index is 0.00596. The fourth-order valence-electron chi connectivity index (χ4n) is 5.24. The number of carbonyl (C=O) groups excluding carboxylic acids is 1.